The number of anilines is 2. The minimum absolute atomic E-state index is 0.0781. The van der Waals surface area contributed by atoms with E-state index in [2.05, 4.69) is 54.6 Å². The number of aryl methyl sites for hydroxylation is 1. The Morgan fingerprint density at radius 2 is 1.56 bits per heavy atom. The van der Waals surface area contributed by atoms with Gasteiger partial charge in [0.2, 0.25) is 5.91 Å². The van der Waals surface area contributed by atoms with Crippen molar-refractivity contribution < 1.29 is 19.1 Å². The molecule has 52 heavy (non-hydrogen) atoms. The number of rotatable bonds is 8. The van der Waals surface area contributed by atoms with Crippen molar-refractivity contribution in [3.05, 3.63) is 70.9 Å². The van der Waals surface area contributed by atoms with Crippen molar-refractivity contribution in [3.63, 3.8) is 0 Å². The van der Waals surface area contributed by atoms with Crippen molar-refractivity contribution in [2.24, 2.45) is 18.9 Å². The first-order valence-corrected chi connectivity index (χ1v) is 18.1. The monoisotopic (exact) mass is 704 g/mol. The number of ether oxygens (including phenoxy) is 2. The Bertz CT molecular complexity index is 2190. The molecule has 0 atom stereocenters. The van der Waals surface area contributed by atoms with Crippen molar-refractivity contribution >= 4 is 45.1 Å². The number of benzene rings is 2. The van der Waals surface area contributed by atoms with Crippen molar-refractivity contribution in [3.8, 4) is 22.6 Å². The number of hydrogen-bond donors (Lipinski definition) is 2. The molecular formula is C39H44N8O5. The molecule has 6 heterocycles. The lowest BCUT2D eigenvalue weighted by atomic mass is 9.78. The minimum Gasteiger partial charge on any atom is -0.496 e. The number of methoxy groups -OCH3 is 2. The zero-order chi connectivity index (χ0) is 35.9. The van der Waals surface area contributed by atoms with E-state index < -0.39 is 6.03 Å². The van der Waals surface area contributed by atoms with Gasteiger partial charge in [0.1, 0.15) is 11.5 Å². The number of fused-ring (bicyclic) bond motifs is 2. The number of amides is 3. The minimum atomic E-state index is -0.429. The molecule has 3 fully saturated rings. The van der Waals surface area contributed by atoms with Gasteiger partial charge in [-0.1, -0.05) is 0 Å². The van der Waals surface area contributed by atoms with Crippen LogP contribution in [0.15, 0.2) is 59.8 Å². The van der Waals surface area contributed by atoms with Crippen LogP contribution in [0.3, 0.4) is 0 Å². The number of pyridine rings is 2. The van der Waals surface area contributed by atoms with Gasteiger partial charge in [-0.15, -0.1) is 0 Å². The van der Waals surface area contributed by atoms with Crippen molar-refractivity contribution in [1.29, 1.82) is 0 Å². The summed E-state index contributed by atoms with van der Waals surface area (Å²) >= 11 is 0. The average Bonchev–Trinajstić information content (AvgIpc) is 3.60. The van der Waals surface area contributed by atoms with E-state index in [1.165, 1.54) is 17.7 Å². The maximum Gasteiger partial charge on any atom is 0.329 e. The second-order valence-corrected chi connectivity index (χ2v) is 14.2. The van der Waals surface area contributed by atoms with E-state index in [0.717, 1.165) is 95.7 Å². The summed E-state index contributed by atoms with van der Waals surface area (Å²) in [7, 11) is 5.16. The Kier molecular flexibility index (Phi) is 9.04. The number of urea groups is 1. The molecule has 0 spiro atoms. The number of H-pyrrole nitrogens is 1. The van der Waals surface area contributed by atoms with E-state index in [0.29, 0.717) is 29.6 Å². The summed E-state index contributed by atoms with van der Waals surface area (Å²) < 4.78 is 13.5. The maximum absolute atomic E-state index is 12.8. The molecule has 2 aromatic carbocycles. The van der Waals surface area contributed by atoms with Gasteiger partial charge < -0.3 is 18.9 Å². The fourth-order valence-corrected chi connectivity index (χ4v) is 8.43. The molecule has 3 aliphatic heterocycles. The topological polar surface area (TPSA) is 138 Å². The lowest BCUT2D eigenvalue weighted by Gasteiger charge is -2.41. The van der Waals surface area contributed by atoms with Gasteiger partial charge in [-0.2, -0.15) is 5.10 Å². The lowest BCUT2D eigenvalue weighted by molar-refractivity contribution is -0.120. The van der Waals surface area contributed by atoms with Gasteiger partial charge >= 0.3 is 6.03 Å². The van der Waals surface area contributed by atoms with Gasteiger partial charge in [-0.05, 0) is 98.0 Å². The zero-order valence-electron chi connectivity index (χ0n) is 29.9. The van der Waals surface area contributed by atoms with Gasteiger partial charge in [0.25, 0.3) is 5.56 Å². The Hall–Kier alpha value is -5.43. The van der Waals surface area contributed by atoms with Gasteiger partial charge in [0, 0.05) is 74.9 Å². The molecule has 2 N–H and O–H groups in total. The Balaban J connectivity index is 0.895. The quantitative estimate of drug-likeness (QED) is 0.227. The van der Waals surface area contributed by atoms with Crippen LogP contribution in [0, 0.1) is 11.8 Å². The summed E-state index contributed by atoms with van der Waals surface area (Å²) in [6.07, 6.45) is 10.1. The third-order valence-electron chi connectivity index (χ3n) is 11.3. The highest BCUT2D eigenvalue weighted by Gasteiger charge is 2.31. The van der Waals surface area contributed by atoms with Crippen molar-refractivity contribution in [2.75, 3.05) is 56.7 Å². The van der Waals surface area contributed by atoms with E-state index in [1.54, 1.807) is 38.2 Å². The van der Waals surface area contributed by atoms with Gasteiger partial charge in [0.05, 0.1) is 30.7 Å². The number of carbonyl (C=O) groups is 2. The van der Waals surface area contributed by atoms with Crippen molar-refractivity contribution in [2.45, 2.75) is 38.6 Å². The molecule has 0 bridgehead atoms. The van der Waals surface area contributed by atoms with E-state index in [1.807, 2.05) is 18.3 Å². The highest BCUT2D eigenvalue weighted by atomic mass is 16.5. The predicted molar refractivity (Wildman–Crippen MR) is 200 cm³/mol. The molecule has 5 aromatic rings. The smallest absolute Gasteiger partial charge is 0.329 e. The molecule has 0 aliphatic carbocycles. The molecular weight excluding hydrogens is 660 g/mol. The van der Waals surface area contributed by atoms with Crippen LogP contribution in [0.25, 0.3) is 32.8 Å². The molecule has 270 valence electrons. The van der Waals surface area contributed by atoms with Gasteiger partial charge in [-0.3, -0.25) is 34.8 Å². The number of aromatic nitrogens is 4. The van der Waals surface area contributed by atoms with Crippen LogP contribution in [0.5, 0.6) is 11.5 Å². The highest BCUT2D eigenvalue weighted by Crippen LogP contribution is 2.40. The molecule has 0 saturated carbocycles. The summed E-state index contributed by atoms with van der Waals surface area (Å²) in [5.74, 6) is 3.26. The van der Waals surface area contributed by atoms with E-state index in [9.17, 15) is 14.4 Å². The SMILES string of the molecule is COc1cc(-c2cn(C)c(=O)c3cnccc23)cc(OC)c1CN1CCC(C2CCN(c3ccc4c(N5CCC(=O)NC5=O)n[nH]c4c3)CC2)CC1. The third-order valence-corrected chi connectivity index (χ3v) is 11.3. The number of carbonyl (C=O) groups excluding carboxylic acids is 2. The molecule has 3 amide bonds. The third kappa shape index (κ3) is 6.23. The van der Waals surface area contributed by atoms with Crippen LogP contribution >= 0.6 is 0 Å². The first-order chi connectivity index (χ1) is 25.3. The number of nitrogens with zero attached hydrogens (tertiary/aromatic N) is 6. The summed E-state index contributed by atoms with van der Waals surface area (Å²) in [6, 6.07) is 11.8. The summed E-state index contributed by atoms with van der Waals surface area (Å²) in [6.45, 7) is 5.14. The number of hydrogen-bond acceptors (Lipinski definition) is 9. The normalized spacial score (nSPS) is 18.0. The lowest BCUT2D eigenvalue weighted by Crippen LogP contribution is -2.49. The number of nitrogens with one attached hydrogen (secondary N) is 2. The molecule has 13 heteroatoms. The van der Waals surface area contributed by atoms with Crippen LogP contribution in [0.2, 0.25) is 0 Å². The standard InChI is InChI=1S/C39H44N8O5/c1-44-22-31(28-6-12-40-21-30(28)38(44)49)26-18-34(51-2)32(35(19-26)52-3)23-45-13-7-24(8-14-45)25-9-15-46(16-10-25)27-4-5-29-33(20-27)42-43-37(29)47-17-11-36(48)41-39(47)50/h4-6,12,18-22,24-25H,7-11,13-17,23H2,1-3H3,(H,42,43)(H,41,48,50). The predicted octanol–water partition coefficient (Wildman–Crippen LogP) is 5.07. The van der Waals surface area contributed by atoms with Gasteiger partial charge in [-0.25, -0.2) is 4.79 Å². The van der Waals surface area contributed by atoms with E-state index in [-0.39, 0.29) is 17.9 Å². The molecule has 0 radical (unpaired) electrons. The largest absolute Gasteiger partial charge is 0.496 e. The zero-order valence-corrected chi connectivity index (χ0v) is 29.9. The Morgan fingerprint density at radius 3 is 2.25 bits per heavy atom. The average molecular weight is 705 g/mol. The maximum atomic E-state index is 12.8. The fourth-order valence-electron chi connectivity index (χ4n) is 8.43. The van der Waals surface area contributed by atoms with Crippen LogP contribution in [-0.2, 0) is 18.4 Å². The fraction of sp³-hybridized carbons (Fsp3) is 0.410. The van der Waals surface area contributed by atoms with E-state index >= 15 is 0 Å². The molecule has 3 aliphatic rings. The number of likely N-dealkylation sites (tertiary alicyclic amines) is 1. The van der Waals surface area contributed by atoms with Crippen LogP contribution in [-0.4, -0.2) is 83.5 Å². The molecule has 3 saturated heterocycles. The summed E-state index contributed by atoms with van der Waals surface area (Å²) in [5.41, 5.74) is 4.84. The summed E-state index contributed by atoms with van der Waals surface area (Å²) in [5, 5.41) is 12.2. The number of piperidine rings is 2. The van der Waals surface area contributed by atoms with E-state index in [4.69, 9.17) is 9.47 Å². The highest BCUT2D eigenvalue weighted by molar-refractivity contribution is 6.09. The second-order valence-electron chi connectivity index (χ2n) is 14.2. The number of imide groups is 1. The van der Waals surface area contributed by atoms with Crippen LogP contribution in [0.1, 0.15) is 37.7 Å². The summed E-state index contributed by atoms with van der Waals surface area (Å²) in [4.78, 5) is 47.4. The first-order valence-electron chi connectivity index (χ1n) is 18.1. The Morgan fingerprint density at radius 1 is 0.846 bits per heavy atom. The van der Waals surface area contributed by atoms with Crippen molar-refractivity contribution in [1.82, 2.24) is 30.0 Å². The molecule has 0 unspecified atom stereocenters. The number of aromatic amines is 1. The molecule has 13 nitrogen and oxygen atoms in total. The van der Waals surface area contributed by atoms with Crippen LogP contribution in [0.4, 0.5) is 16.3 Å². The molecule has 8 rings (SSSR count). The second kappa shape index (κ2) is 13.9. The van der Waals surface area contributed by atoms with Crippen LogP contribution < -0.4 is 30.1 Å². The first kappa shape index (κ1) is 33.7. The molecule has 3 aromatic heterocycles. The Labute approximate surface area is 301 Å². The van der Waals surface area contributed by atoms with Gasteiger partial charge in [0.15, 0.2) is 5.82 Å².